The monoisotopic (exact) mass is 305 g/mol. The summed E-state index contributed by atoms with van der Waals surface area (Å²) in [5.74, 6) is 2.06. The van der Waals surface area contributed by atoms with Crippen molar-refractivity contribution in [1.82, 2.24) is 15.1 Å². The first-order chi connectivity index (χ1) is 9.52. The molecular formula is C14H15N3OS2. The molecule has 0 spiro atoms. The van der Waals surface area contributed by atoms with Crippen molar-refractivity contribution in [2.45, 2.75) is 36.3 Å². The zero-order valence-electron chi connectivity index (χ0n) is 11.6. The summed E-state index contributed by atoms with van der Waals surface area (Å²) in [6.07, 6.45) is 0. The summed E-state index contributed by atoms with van der Waals surface area (Å²) in [5, 5.41) is 4.03. The molecule has 0 N–H and O–H groups in total. The fourth-order valence-corrected chi connectivity index (χ4v) is 3.56. The summed E-state index contributed by atoms with van der Waals surface area (Å²) < 4.78 is 7.52. The van der Waals surface area contributed by atoms with Gasteiger partial charge in [0.05, 0.1) is 16.0 Å². The Morgan fingerprint density at radius 3 is 2.70 bits per heavy atom. The van der Waals surface area contributed by atoms with Crippen LogP contribution in [0.5, 0.6) is 0 Å². The van der Waals surface area contributed by atoms with Crippen LogP contribution in [0.3, 0.4) is 0 Å². The zero-order valence-corrected chi connectivity index (χ0v) is 13.2. The lowest BCUT2D eigenvalue weighted by molar-refractivity contribution is 0.373. The number of para-hydroxylation sites is 1. The first-order valence-electron chi connectivity index (χ1n) is 6.34. The number of thioether (sulfide) groups is 1. The van der Waals surface area contributed by atoms with Gasteiger partial charge in [0.25, 0.3) is 0 Å². The number of hydrogen-bond acceptors (Lipinski definition) is 6. The molecule has 0 bridgehead atoms. The van der Waals surface area contributed by atoms with E-state index in [4.69, 9.17) is 4.52 Å². The minimum absolute atomic E-state index is 0.0811. The van der Waals surface area contributed by atoms with Gasteiger partial charge in [0.15, 0.2) is 10.2 Å². The predicted molar refractivity (Wildman–Crippen MR) is 82.2 cm³/mol. The molecule has 1 aromatic carbocycles. The molecular weight excluding hydrogens is 290 g/mol. The molecule has 0 saturated carbocycles. The Morgan fingerprint density at radius 2 is 2.00 bits per heavy atom. The van der Waals surface area contributed by atoms with Crippen LogP contribution in [-0.2, 0) is 11.2 Å². The standard InChI is InChI=1S/C14H15N3OS2/c1-14(2,3)12-16-11(18-17-12)8-19-13-15-9-6-4-5-7-10(9)20-13/h4-7H,8H2,1-3H3. The van der Waals surface area contributed by atoms with Crippen LogP contribution >= 0.6 is 23.1 Å². The molecule has 2 aromatic heterocycles. The Bertz CT molecular complexity index is 694. The first-order valence-corrected chi connectivity index (χ1v) is 8.14. The van der Waals surface area contributed by atoms with Gasteiger partial charge in [-0.1, -0.05) is 49.8 Å². The van der Waals surface area contributed by atoms with Crippen molar-refractivity contribution in [3.63, 3.8) is 0 Å². The molecule has 0 aliphatic rings. The van der Waals surface area contributed by atoms with Gasteiger partial charge in [-0.25, -0.2) is 4.98 Å². The highest BCUT2D eigenvalue weighted by atomic mass is 32.2. The molecule has 104 valence electrons. The molecule has 0 aliphatic carbocycles. The largest absolute Gasteiger partial charge is 0.338 e. The molecule has 0 atom stereocenters. The normalized spacial score (nSPS) is 12.2. The van der Waals surface area contributed by atoms with Crippen molar-refractivity contribution >= 4 is 33.3 Å². The molecule has 0 unspecified atom stereocenters. The van der Waals surface area contributed by atoms with Gasteiger partial charge in [-0.3, -0.25) is 0 Å². The Labute approximate surface area is 125 Å². The van der Waals surface area contributed by atoms with Gasteiger partial charge < -0.3 is 4.52 Å². The maximum atomic E-state index is 5.28. The number of nitrogens with zero attached hydrogens (tertiary/aromatic N) is 3. The van der Waals surface area contributed by atoms with Crippen LogP contribution in [0.1, 0.15) is 32.5 Å². The van der Waals surface area contributed by atoms with E-state index in [0.29, 0.717) is 11.6 Å². The third-order valence-corrected chi connectivity index (χ3v) is 4.90. The first kappa shape index (κ1) is 13.6. The summed E-state index contributed by atoms with van der Waals surface area (Å²) >= 11 is 3.33. The number of benzene rings is 1. The second-order valence-electron chi connectivity index (χ2n) is 5.50. The van der Waals surface area contributed by atoms with E-state index in [1.165, 1.54) is 4.70 Å². The second kappa shape index (κ2) is 5.18. The lowest BCUT2D eigenvalue weighted by Gasteiger charge is -2.10. The minimum atomic E-state index is -0.0811. The smallest absolute Gasteiger partial charge is 0.237 e. The maximum Gasteiger partial charge on any atom is 0.237 e. The van der Waals surface area contributed by atoms with Crippen molar-refractivity contribution < 1.29 is 4.52 Å². The molecule has 3 rings (SSSR count). The van der Waals surface area contributed by atoms with Gasteiger partial charge in [-0.05, 0) is 12.1 Å². The SMILES string of the molecule is CC(C)(C)c1noc(CSc2nc3ccccc3s2)n1. The fraction of sp³-hybridized carbons (Fsp3) is 0.357. The topological polar surface area (TPSA) is 51.8 Å². The maximum absolute atomic E-state index is 5.28. The van der Waals surface area contributed by atoms with E-state index in [1.807, 2.05) is 18.2 Å². The number of fused-ring (bicyclic) bond motifs is 1. The lowest BCUT2D eigenvalue weighted by atomic mass is 9.96. The van der Waals surface area contributed by atoms with E-state index >= 15 is 0 Å². The summed E-state index contributed by atoms with van der Waals surface area (Å²) in [5.41, 5.74) is 0.961. The Hall–Kier alpha value is -1.40. The van der Waals surface area contributed by atoms with Crippen molar-refractivity contribution in [1.29, 1.82) is 0 Å². The second-order valence-corrected chi connectivity index (χ2v) is 7.75. The molecule has 0 aliphatic heterocycles. The van der Waals surface area contributed by atoms with E-state index in [0.717, 1.165) is 15.7 Å². The summed E-state index contributed by atoms with van der Waals surface area (Å²) in [6, 6.07) is 8.15. The van der Waals surface area contributed by atoms with Crippen LogP contribution in [0.4, 0.5) is 0 Å². The van der Waals surface area contributed by atoms with E-state index in [2.05, 4.69) is 42.0 Å². The molecule has 0 amide bonds. The van der Waals surface area contributed by atoms with Crippen LogP contribution in [0.2, 0.25) is 0 Å². The molecule has 2 heterocycles. The molecule has 3 aromatic rings. The van der Waals surface area contributed by atoms with Gasteiger partial charge in [0.1, 0.15) is 0 Å². The Kier molecular flexibility index (Phi) is 3.52. The van der Waals surface area contributed by atoms with Crippen molar-refractivity contribution in [3.05, 3.63) is 36.0 Å². The quantitative estimate of drug-likeness (QED) is 0.676. The zero-order chi connectivity index (χ0) is 14.2. The Morgan fingerprint density at radius 1 is 1.20 bits per heavy atom. The van der Waals surface area contributed by atoms with Crippen molar-refractivity contribution in [2.24, 2.45) is 0 Å². The number of aromatic nitrogens is 3. The number of hydrogen-bond donors (Lipinski definition) is 0. The molecule has 4 nitrogen and oxygen atoms in total. The fourth-order valence-electron chi connectivity index (χ4n) is 1.65. The minimum Gasteiger partial charge on any atom is -0.338 e. The van der Waals surface area contributed by atoms with Gasteiger partial charge in [-0.2, -0.15) is 4.98 Å². The number of thiazole rings is 1. The van der Waals surface area contributed by atoms with Gasteiger partial charge in [-0.15, -0.1) is 11.3 Å². The average molecular weight is 305 g/mol. The molecule has 20 heavy (non-hydrogen) atoms. The van der Waals surface area contributed by atoms with Crippen LogP contribution in [0.15, 0.2) is 33.1 Å². The Balaban J connectivity index is 1.71. The van der Waals surface area contributed by atoms with Crippen LogP contribution in [0.25, 0.3) is 10.2 Å². The highest BCUT2D eigenvalue weighted by Gasteiger charge is 2.21. The predicted octanol–water partition coefficient (Wildman–Crippen LogP) is 4.27. The third-order valence-electron chi connectivity index (χ3n) is 2.73. The lowest BCUT2D eigenvalue weighted by Crippen LogP contribution is -2.13. The molecule has 6 heteroatoms. The van der Waals surface area contributed by atoms with E-state index < -0.39 is 0 Å². The highest BCUT2D eigenvalue weighted by Crippen LogP contribution is 2.31. The summed E-state index contributed by atoms with van der Waals surface area (Å²) in [7, 11) is 0. The highest BCUT2D eigenvalue weighted by molar-refractivity contribution is 8.00. The summed E-state index contributed by atoms with van der Waals surface area (Å²) in [4.78, 5) is 9.00. The summed E-state index contributed by atoms with van der Waals surface area (Å²) in [6.45, 7) is 6.22. The van der Waals surface area contributed by atoms with E-state index in [-0.39, 0.29) is 5.41 Å². The molecule has 0 radical (unpaired) electrons. The van der Waals surface area contributed by atoms with Crippen molar-refractivity contribution in [3.8, 4) is 0 Å². The third kappa shape index (κ3) is 2.86. The van der Waals surface area contributed by atoms with Gasteiger partial charge in [0.2, 0.25) is 5.89 Å². The van der Waals surface area contributed by atoms with Gasteiger partial charge >= 0.3 is 0 Å². The molecule has 0 saturated heterocycles. The van der Waals surface area contributed by atoms with Crippen LogP contribution in [-0.4, -0.2) is 15.1 Å². The van der Waals surface area contributed by atoms with Gasteiger partial charge in [0, 0.05) is 5.41 Å². The van der Waals surface area contributed by atoms with Crippen LogP contribution in [0, 0.1) is 0 Å². The van der Waals surface area contributed by atoms with E-state index in [1.54, 1.807) is 23.1 Å². The van der Waals surface area contributed by atoms with Crippen molar-refractivity contribution in [2.75, 3.05) is 0 Å². The van der Waals surface area contributed by atoms with Crippen LogP contribution < -0.4 is 0 Å². The molecule has 0 fully saturated rings. The number of rotatable bonds is 3. The van der Waals surface area contributed by atoms with E-state index in [9.17, 15) is 0 Å². The average Bonchev–Trinajstić information content (AvgIpc) is 3.02.